The summed E-state index contributed by atoms with van der Waals surface area (Å²) in [6.45, 7) is 4.09. The SMILES string of the molecule is CCCCCC/C=C\C/C=C\CCCCCCCCCC(=O)OC(CC)CC(=O)O. The van der Waals surface area contributed by atoms with Crippen molar-refractivity contribution in [1.82, 2.24) is 0 Å². The van der Waals surface area contributed by atoms with Crippen molar-refractivity contribution in [3.05, 3.63) is 24.3 Å². The number of carbonyl (C=O) groups is 2. The molecule has 4 heteroatoms. The van der Waals surface area contributed by atoms with Gasteiger partial charge in [-0.15, -0.1) is 0 Å². The van der Waals surface area contributed by atoms with Crippen LogP contribution in [0.4, 0.5) is 0 Å². The van der Waals surface area contributed by atoms with Gasteiger partial charge in [0.1, 0.15) is 6.10 Å². The summed E-state index contributed by atoms with van der Waals surface area (Å²) in [7, 11) is 0. The number of rotatable bonds is 21. The third-order valence-electron chi connectivity index (χ3n) is 5.24. The Balaban J connectivity index is 3.40. The first-order valence-electron chi connectivity index (χ1n) is 12.3. The highest BCUT2D eigenvalue weighted by atomic mass is 16.5. The van der Waals surface area contributed by atoms with Crippen molar-refractivity contribution in [3.63, 3.8) is 0 Å². The van der Waals surface area contributed by atoms with Gasteiger partial charge in [0.05, 0.1) is 6.42 Å². The van der Waals surface area contributed by atoms with Gasteiger partial charge in [-0.3, -0.25) is 9.59 Å². The Morgan fingerprint density at radius 1 is 0.767 bits per heavy atom. The number of aliphatic carboxylic acids is 1. The van der Waals surface area contributed by atoms with Crippen molar-refractivity contribution >= 4 is 11.9 Å². The maximum Gasteiger partial charge on any atom is 0.307 e. The molecule has 0 saturated carbocycles. The summed E-state index contributed by atoms with van der Waals surface area (Å²) in [5.74, 6) is -1.18. The number of carbonyl (C=O) groups excluding carboxylic acids is 1. The Kier molecular flexibility index (Phi) is 20.9. The third-order valence-corrected chi connectivity index (χ3v) is 5.24. The molecule has 30 heavy (non-hydrogen) atoms. The molecule has 0 bridgehead atoms. The molecule has 0 spiro atoms. The molecule has 0 aliphatic carbocycles. The summed E-state index contributed by atoms with van der Waals surface area (Å²) in [6.07, 6.45) is 26.4. The molecule has 0 saturated heterocycles. The van der Waals surface area contributed by atoms with E-state index in [4.69, 9.17) is 9.84 Å². The minimum atomic E-state index is -0.921. The number of allylic oxidation sites excluding steroid dienone is 4. The van der Waals surface area contributed by atoms with Crippen LogP contribution in [-0.2, 0) is 14.3 Å². The van der Waals surface area contributed by atoms with Gasteiger partial charge in [-0.1, -0.05) is 89.5 Å². The van der Waals surface area contributed by atoms with E-state index in [1.807, 2.05) is 6.92 Å². The van der Waals surface area contributed by atoms with Crippen molar-refractivity contribution in [2.24, 2.45) is 0 Å². The number of carboxylic acid groups (broad SMARTS) is 1. The first-order chi connectivity index (χ1) is 14.6. The molecule has 0 aromatic rings. The summed E-state index contributed by atoms with van der Waals surface area (Å²) < 4.78 is 5.21. The minimum Gasteiger partial charge on any atom is -0.481 e. The Hall–Kier alpha value is -1.58. The highest BCUT2D eigenvalue weighted by Crippen LogP contribution is 2.12. The number of carboxylic acids is 1. The molecule has 4 nitrogen and oxygen atoms in total. The van der Waals surface area contributed by atoms with Gasteiger partial charge in [0.2, 0.25) is 0 Å². The molecular formula is C26H46O4. The van der Waals surface area contributed by atoms with Crippen molar-refractivity contribution in [2.75, 3.05) is 0 Å². The van der Waals surface area contributed by atoms with Gasteiger partial charge in [-0.25, -0.2) is 0 Å². The summed E-state index contributed by atoms with van der Waals surface area (Å²) >= 11 is 0. The largest absolute Gasteiger partial charge is 0.481 e. The molecule has 0 amide bonds. The standard InChI is InChI=1S/C26H46O4/c1-3-5-6-7-8-9-10-11-12-13-14-15-16-17-18-19-20-21-22-26(29)30-24(4-2)23-25(27)28/h9-10,12-13,24H,3-8,11,14-23H2,1-2H3,(H,27,28)/b10-9-,13-12-. The smallest absolute Gasteiger partial charge is 0.307 e. The topological polar surface area (TPSA) is 63.6 Å². The molecule has 0 radical (unpaired) electrons. The van der Waals surface area contributed by atoms with Crippen molar-refractivity contribution < 1.29 is 19.4 Å². The van der Waals surface area contributed by atoms with Gasteiger partial charge in [-0.05, 0) is 44.9 Å². The predicted octanol–water partition coefficient (Wildman–Crippen LogP) is 7.77. The molecule has 0 aliphatic heterocycles. The molecule has 1 unspecified atom stereocenters. The second kappa shape index (κ2) is 22.1. The maximum absolute atomic E-state index is 11.7. The predicted molar refractivity (Wildman–Crippen MR) is 126 cm³/mol. The fraction of sp³-hybridized carbons (Fsp3) is 0.769. The fourth-order valence-corrected chi connectivity index (χ4v) is 3.32. The van der Waals surface area contributed by atoms with Crippen LogP contribution < -0.4 is 0 Å². The molecule has 0 heterocycles. The third kappa shape index (κ3) is 21.1. The van der Waals surface area contributed by atoms with E-state index < -0.39 is 12.1 Å². The van der Waals surface area contributed by atoms with Gasteiger partial charge in [0, 0.05) is 6.42 Å². The molecule has 1 N–H and O–H groups in total. The van der Waals surface area contributed by atoms with E-state index in [1.165, 1.54) is 64.2 Å². The van der Waals surface area contributed by atoms with Crippen molar-refractivity contribution in [1.29, 1.82) is 0 Å². The summed E-state index contributed by atoms with van der Waals surface area (Å²) in [4.78, 5) is 22.4. The molecule has 0 fully saturated rings. The Labute approximate surface area is 185 Å². The van der Waals surface area contributed by atoms with Gasteiger partial charge in [-0.2, -0.15) is 0 Å². The second-order valence-electron chi connectivity index (χ2n) is 8.16. The molecule has 174 valence electrons. The van der Waals surface area contributed by atoms with Crippen LogP contribution >= 0.6 is 0 Å². The maximum atomic E-state index is 11.7. The zero-order valence-corrected chi connectivity index (χ0v) is 19.6. The van der Waals surface area contributed by atoms with Crippen LogP contribution in [0, 0.1) is 0 Å². The second-order valence-corrected chi connectivity index (χ2v) is 8.16. The molecule has 0 aliphatic rings. The van der Waals surface area contributed by atoms with Gasteiger partial charge < -0.3 is 9.84 Å². The average molecular weight is 423 g/mol. The van der Waals surface area contributed by atoms with E-state index in [1.54, 1.807) is 0 Å². The first-order valence-corrected chi connectivity index (χ1v) is 12.3. The lowest BCUT2D eigenvalue weighted by atomic mass is 10.1. The van der Waals surface area contributed by atoms with E-state index in [0.717, 1.165) is 25.7 Å². The van der Waals surface area contributed by atoms with E-state index in [-0.39, 0.29) is 12.4 Å². The summed E-state index contributed by atoms with van der Waals surface area (Å²) in [5.41, 5.74) is 0. The Morgan fingerprint density at radius 3 is 1.83 bits per heavy atom. The van der Waals surface area contributed by atoms with Crippen LogP contribution in [0.25, 0.3) is 0 Å². The monoisotopic (exact) mass is 422 g/mol. The Morgan fingerprint density at radius 2 is 1.30 bits per heavy atom. The number of unbranched alkanes of at least 4 members (excludes halogenated alkanes) is 11. The lowest BCUT2D eigenvalue weighted by Crippen LogP contribution is -2.20. The van der Waals surface area contributed by atoms with Crippen LogP contribution in [0.1, 0.15) is 123 Å². The quantitative estimate of drug-likeness (QED) is 0.117. The van der Waals surface area contributed by atoms with E-state index in [0.29, 0.717) is 12.8 Å². The fourth-order valence-electron chi connectivity index (χ4n) is 3.32. The lowest BCUT2D eigenvalue weighted by molar-refractivity contribution is -0.153. The van der Waals surface area contributed by atoms with Gasteiger partial charge >= 0.3 is 11.9 Å². The zero-order valence-electron chi connectivity index (χ0n) is 19.6. The number of ether oxygens (including phenoxy) is 1. The average Bonchev–Trinajstić information content (AvgIpc) is 2.72. The van der Waals surface area contributed by atoms with Crippen LogP contribution in [0.5, 0.6) is 0 Å². The van der Waals surface area contributed by atoms with Gasteiger partial charge in [0.25, 0.3) is 0 Å². The number of hydrogen-bond donors (Lipinski definition) is 1. The first kappa shape index (κ1) is 28.4. The lowest BCUT2D eigenvalue weighted by Gasteiger charge is -2.13. The Bertz CT molecular complexity index is 468. The number of hydrogen-bond acceptors (Lipinski definition) is 3. The highest BCUT2D eigenvalue weighted by Gasteiger charge is 2.15. The van der Waals surface area contributed by atoms with Crippen LogP contribution in [0.15, 0.2) is 24.3 Å². The van der Waals surface area contributed by atoms with E-state index >= 15 is 0 Å². The van der Waals surface area contributed by atoms with Crippen LogP contribution in [0.3, 0.4) is 0 Å². The van der Waals surface area contributed by atoms with Crippen LogP contribution in [0.2, 0.25) is 0 Å². The summed E-state index contributed by atoms with van der Waals surface area (Å²) in [6, 6.07) is 0. The van der Waals surface area contributed by atoms with Crippen molar-refractivity contribution in [3.8, 4) is 0 Å². The summed E-state index contributed by atoms with van der Waals surface area (Å²) in [5, 5.41) is 8.77. The molecule has 0 aromatic heterocycles. The van der Waals surface area contributed by atoms with E-state index in [9.17, 15) is 9.59 Å². The highest BCUT2D eigenvalue weighted by molar-refractivity contribution is 5.71. The zero-order chi connectivity index (χ0) is 22.3. The van der Waals surface area contributed by atoms with Crippen molar-refractivity contribution in [2.45, 2.75) is 129 Å². The molecule has 1 atom stereocenters. The normalized spacial score (nSPS) is 12.6. The molecule has 0 rings (SSSR count). The molecular weight excluding hydrogens is 376 g/mol. The minimum absolute atomic E-state index is 0.104. The molecule has 0 aromatic carbocycles. The number of esters is 1. The van der Waals surface area contributed by atoms with E-state index in [2.05, 4.69) is 31.2 Å². The van der Waals surface area contributed by atoms with Crippen LogP contribution in [-0.4, -0.2) is 23.1 Å². The van der Waals surface area contributed by atoms with Gasteiger partial charge in [0.15, 0.2) is 0 Å².